The van der Waals surface area contributed by atoms with Gasteiger partial charge in [0.2, 0.25) is 0 Å². The van der Waals surface area contributed by atoms with Gasteiger partial charge in [0.25, 0.3) is 0 Å². The summed E-state index contributed by atoms with van der Waals surface area (Å²) in [5.41, 5.74) is 1.20. The summed E-state index contributed by atoms with van der Waals surface area (Å²) in [6.07, 6.45) is 4.53. The smallest absolute Gasteiger partial charge is 0.0803 e. The highest BCUT2D eigenvalue weighted by Crippen LogP contribution is 2.27. The number of aromatic nitrogens is 2. The maximum absolute atomic E-state index is 4.27. The standard InChI is InChI=1S/C13H25N3S/c1-5-7-11-13(17-16-15-11)12(9-10(3)4)14-8-6-2/h10,12,14H,5-9H2,1-4H3. The predicted octanol–water partition coefficient (Wildman–Crippen LogP) is 3.58. The summed E-state index contributed by atoms with van der Waals surface area (Å²) in [7, 11) is 0. The number of nitrogens with zero attached hydrogens (tertiary/aromatic N) is 2. The van der Waals surface area contributed by atoms with E-state index in [1.54, 1.807) is 11.5 Å². The molecule has 0 amide bonds. The molecule has 3 nitrogen and oxygen atoms in total. The molecule has 1 rings (SSSR count). The first-order chi connectivity index (χ1) is 8.19. The Kier molecular flexibility index (Phi) is 6.66. The lowest BCUT2D eigenvalue weighted by Crippen LogP contribution is -2.23. The van der Waals surface area contributed by atoms with Crippen LogP contribution in [0.1, 0.15) is 63.6 Å². The van der Waals surface area contributed by atoms with E-state index in [-0.39, 0.29) is 0 Å². The van der Waals surface area contributed by atoms with Gasteiger partial charge in [-0.05, 0) is 43.3 Å². The zero-order valence-electron chi connectivity index (χ0n) is 11.5. The Morgan fingerprint density at radius 1 is 1.24 bits per heavy atom. The van der Waals surface area contributed by atoms with Crippen LogP contribution in [-0.2, 0) is 6.42 Å². The van der Waals surface area contributed by atoms with Crippen molar-refractivity contribution in [1.29, 1.82) is 0 Å². The van der Waals surface area contributed by atoms with Crippen molar-refractivity contribution in [3.05, 3.63) is 10.6 Å². The van der Waals surface area contributed by atoms with Crippen LogP contribution in [0.15, 0.2) is 0 Å². The molecule has 1 aromatic rings. The van der Waals surface area contributed by atoms with E-state index in [9.17, 15) is 0 Å². The fraction of sp³-hybridized carbons (Fsp3) is 0.846. The maximum Gasteiger partial charge on any atom is 0.0803 e. The molecule has 0 saturated carbocycles. The van der Waals surface area contributed by atoms with Gasteiger partial charge in [0, 0.05) is 6.04 Å². The van der Waals surface area contributed by atoms with Crippen molar-refractivity contribution in [1.82, 2.24) is 14.9 Å². The highest BCUT2D eigenvalue weighted by molar-refractivity contribution is 7.05. The van der Waals surface area contributed by atoms with Gasteiger partial charge in [-0.15, -0.1) is 5.10 Å². The van der Waals surface area contributed by atoms with Crippen LogP contribution in [0, 0.1) is 5.92 Å². The minimum Gasteiger partial charge on any atom is -0.309 e. The molecule has 1 atom stereocenters. The van der Waals surface area contributed by atoms with Crippen molar-refractivity contribution in [2.45, 2.75) is 59.4 Å². The first-order valence-electron chi connectivity index (χ1n) is 6.73. The van der Waals surface area contributed by atoms with Gasteiger partial charge in [-0.3, -0.25) is 0 Å². The average molecular weight is 255 g/mol. The Morgan fingerprint density at radius 3 is 2.59 bits per heavy atom. The Morgan fingerprint density at radius 2 is 2.00 bits per heavy atom. The minimum atomic E-state index is 0.441. The number of rotatable bonds is 8. The van der Waals surface area contributed by atoms with Gasteiger partial charge in [0.05, 0.1) is 10.6 Å². The topological polar surface area (TPSA) is 37.8 Å². The molecule has 0 fully saturated rings. The zero-order valence-corrected chi connectivity index (χ0v) is 12.3. The fourth-order valence-electron chi connectivity index (χ4n) is 1.96. The SMILES string of the molecule is CCCNC(CC(C)C)c1snnc1CCC. The lowest BCUT2D eigenvalue weighted by molar-refractivity contribution is 0.432. The van der Waals surface area contributed by atoms with E-state index in [1.165, 1.54) is 23.4 Å². The molecular formula is C13H25N3S. The molecule has 98 valence electrons. The Labute approximate surface area is 109 Å². The van der Waals surface area contributed by atoms with Crippen molar-refractivity contribution in [2.75, 3.05) is 6.54 Å². The van der Waals surface area contributed by atoms with Crippen LogP contribution in [0.2, 0.25) is 0 Å². The lowest BCUT2D eigenvalue weighted by Gasteiger charge is -2.19. The zero-order chi connectivity index (χ0) is 12.7. The number of aryl methyl sites for hydroxylation is 1. The summed E-state index contributed by atoms with van der Waals surface area (Å²) < 4.78 is 4.13. The molecule has 4 heteroatoms. The van der Waals surface area contributed by atoms with Gasteiger partial charge in [-0.25, -0.2) is 0 Å². The van der Waals surface area contributed by atoms with Crippen LogP contribution in [0.5, 0.6) is 0 Å². The molecule has 0 aliphatic carbocycles. The highest BCUT2D eigenvalue weighted by Gasteiger charge is 2.19. The largest absolute Gasteiger partial charge is 0.309 e. The van der Waals surface area contributed by atoms with E-state index in [0.29, 0.717) is 12.0 Å². The van der Waals surface area contributed by atoms with Crippen LogP contribution in [-0.4, -0.2) is 16.1 Å². The summed E-state index contributed by atoms with van der Waals surface area (Å²) in [4.78, 5) is 1.36. The molecule has 0 bridgehead atoms. The first-order valence-corrected chi connectivity index (χ1v) is 7.50. The second-order valence-electron chi connectivity index (χ2n) is 4.97. The Balaban J connectivity index is 2.75. The van der Waals surface area contributed by atoms with E-state index in [2.05, 4.69) is 42.6 Å². The molecule has 1 N–H and O–H groups in total. The van der Waals surface area contributed by atoms with Crippen LogP contribution in [0.25, 0.3) is 0 Å². The van der Waals surface area contributed by atoms with Crippen LogP contribution < -0.4 is 5.32 Å². The molecule has 0 aliphatic rings. The van der Waals surface area contributed by atoms with E-state index in [0.717, 1.165) is 19.4 Å². The monoisotopic (exact) mass is 255 g/mol. The summed E-state index contributed by atoms with van der Waals surface area (Å²) in [5.74, 6) is 0.695. The molecule has 0 spiro atoms. The third kappa shape index (κ3) is 4.72. The molecule has 1 unspecified atom stereocenters. The van der Waals surface area contributed by atoms with Crippen molar-refractivity contribution < 1.29 is 0 Å². The number of nitrogens with one attached hydrogen (secondary N) is 1. The van der Waals surface area contributed by atoms with Crippen molar-refractivity contribution in [3.8, 4) is 0 Å². The third-order valence-electron chi connectivity index (χ3n) is 2.74. The van der Waals surface area contributed by atoms with Gasteiger partial charge in [0.15, 0.2) is 0 Å². The molecule has 1 aromatic heterocycles. The van der Waals surface area contributed by atoms with Crippen LogP contribution in [0.4, 0.5) is 0 Å². The number of hydrogen-bond acceptors (Lipinski definition) is 4. The fourth-order valence-corrected chi connectivity index (χ4v) is 2.75. The molecule has 0 aromatic carbocycles. The molecule has 1 heterocycles. The van der Waals surface area contributed by atoms with Crippen molar-refractivity contribution in [3.63, 3.8) is 0 Å². The van der Waals surface area contributed by atoms with E-state index >= 15 is 0 Å². The highest BCUT2D eigenvalue weighted by atomic mass is 32.1. The Hall–Kier alpha value is -0.480. The second-order valence-corrected chi connectivity index (χ2v) is 5.76. The lowest BCUT2D eigenvalue weighted by atomic mass is 10.0. The van der Waals surface area contributed by atoms with E-state index in [1.807, 2.05) is 0 Å². The number of hydrogen-bond donors (Lipinski definition) is 1. The molecule has 17 heavy (non-hydrogen) atoms. The van der Waals surface area contributed by atoms with Crippen LogP contribution >= 0.6 is 11.5 Å². The van der Waals surface area contributed by atoms with Crippen molar-refractivity contribution >= 4 is 11.5 Å². The molecule has 0 aliphatic heterocycles. The summed E-state index contributed by atoms with van der Waals surface area (Å²) in [6.45, 7) is 10.0. The van der Waals surface area contributed by atoms with Crippen LogP contribution in [0.3, 0.4) is 0 Å². The van der Waals surface area contributed by atoms with Gasteiger partial charge in [-0.1, -0.05) is 38.6 Å². The molecule has 0 saturated heterocycles. The van der Waals surface area contributed by atoms with E-state index < -0.39 is 0 Å². The summed E-state index contributed by atoms with van der Waals surface area (Å²) in [6, 6.07) is 0.441. The predicted molar refractivity (Wildman–Crippen MR) is 74.4 cm³/mol. The minimum absolute atomic E-state index is 0.441. The van der Waals surface area contributed by atoms with Gasteiger partial charge in [-0.2, -0.15) is 0 Å². The Bertz CT molecular complexity index is 309. The summed E-state index contributed by atoms with van der Waals surface area (Å²) in [5, 5.41) is 7.90. The van der Waals surface area contributed by atoms with Crippen molar-refractivity contribution in [2.24, 2.45) is 5.92 Å². The normalized spacial score (nSPS) is 13.2. The van der Waals surface area contributed by atoms with E-state index in [4.69, 9.17) is 0 Å². The second kappa shape index (κ2) is 7.77. The third-order valence-corrected chi connectivity index (χ3v) is 3.62. The first kappa shape index (κ1) is 14.6. The molecule has 0 radical (unpaired) electrons. The summed E-state index contributed by atoms with van der Waals surface area (Å²) >= 11 is 1.57. The quantitative estimate of drug-likeness (QED) is 0.771. The van der Waals surface area contributed by atoms with Gasteiger partial charge in [0.1, 0.15) is 0 Å². The molecular weight excluding hydrogens is 230 g/mol. The average Bonchev–Trinajstić information content (AvgIpc) is 2.72. The van der Waals surface area contributed by atoms with Gasteiger partial charge < -0.3 is 5.32 Å². The van der Waals surface area contributed by atoms with Gasteiger partial charge >= 0.3 is 0 Å². The maximum atomic E-state index is 4.27.